The minimum absolute atomic E-state index is 0.539. The molecule has 0 atom stereocenters. The SMILES string of the molecule is CCCc1nc(N)cc(SCc2ccc(Cl)cc2)n1. The van der Waals surface area contributed by atoms with Gasteiger partial charge in [-0.25, -0.2) is 9.97 Å². The highest BCUT2D eigenvalue weighted by Gasteiger charge is 2.03. The van der Waals surface area contributed by atoms with E-state index in [1.807, 2.05) is 30.3 Å². The molecule has 0 aliphatic carbocycles. The molecule has 0 fully saturated rings. The van der Waals surface area contributed by atoms with E-state index in [9.17, 15) is 0 Å². The number of rotatable bonds is 5. The van der Waals surface area contributed by atoms with Crippen LogP contribution in [-0.4, -0.2) is 9.97 Å². The number of nitrogens with zero attached hydrogens (tertiary/aromatic N) is 2. The molecular formula is C14H16ClN3S. The molecule has 0 saturated heterocycles. The highest BCUT2D eigenvalue weighted by Crippen LogP contribution is 2.23. The molecule has 0 aliphatic rings. The average molecular weight is 294 g/mol. The first-order chi connectivity index (χ1) is 9.17. The lowest BCUT2D eigenvalue weighted by atomic mass is 10.2. The van der Waals surface area contributed by atoms with Crippen LogP contribution in [0.25, 0.3) is 0 Å². The number of anilines is 1. The molecule has 0 bridgehead atoms. The Morgan fingerprint density at radius 1 is 1.21 bits per heavy atom. The van der Waals surface area contributed by atoms with Crippen molar-refractivity contribution in [3.05, 3.63) is 46.7 Å². The van der Waals surface area contributed by atoms with Gasteiger partial charge in [0.05, 0.1) is 0 Å². The van der Waals surface area contributed by atoms with E-state index in [4.69, 9.17) is 17.3 Å². The Balaban J connectivity index is 2.04. The molecule has 0 spiro atoms. The van der Waals surface area contributed by atoms with E-state index in [0.29, 0.717) is 5.82 Å². The Hall–Kier alpha value is -1.26. The molecular weight excluding hydrogens is 278 g/mol. The normalized spacial score (nSPS) is 10.6. The van der Waals surface area contributed by atoms with E-state index in [-0.39, 0.29) is 0 Å². The Morgan fingerprint density at radius 3 is 2.63 bits per heavy atom. The van der Waals surface area contributed by atoms with Crippen LogP contribution in [0.4, 0.5) is 5.82 Å². The van der Waals surface area contributed by atoms with Gasteiger partial charge in [0.1, 0.15) is 16.7 Å². The number of nitrogen functional groups attached to an aromatic ring is 1. The molecule has 3 nitrogen and oxygen atoms in total. The number of aromatic nitrogens is 2. The number of thioether (sulfide) groups is 1. The molecule has 1 aromatic carbocycles. The van der Waals surface area contributed by atoms with Crippen LogP contribution >= 0.6 is 23.4 Å². The quantitative estimate of drug-likeness (QED) is 0.670. The molecule has 0 saturated carbocycles. The van der Waals surface area contributed by atoms with E-state index in [1.165, 1.54) is 5.56 Å². The summed E-state index contributed by atoms with van der Waals surface area (Å²) in [6.45, 7) is 2.10. The summed E-state index contributed by atoms with van der Waals surface area (Å²) in [6, 6.07) is 9.65. The summed E-state index contributed by atoms with van der Waals surface area (Å²) in [6.07, 6.45) is 1.88. The van der Waals surface area contributed by atoms with Crippen molar-refractivity contribution >= 4 is 29.2 Å². The number of hydrogen-bond acceptors (Lipinski definition) is 4. The molecule has 1 aromatic heterocycles. The first kappa shape index (κ1) is 14.2. The summed E-state index contributed by atoms with van der Waals surface area (Å²) in [4.78, 5) is 8.73. The van der Waals surface area contributed by atoms with Crippen molar-refractivity contribution in [3.8, 4) is 0 Å². The minimum Gasteiger partial charge on any atom is -0.384 e. The molecule has 2 rings (SSSR count). The fourth-order valence-corrected chi connectivity index (χ4v) is 2.65. The summed E-state index contributed by atoms with van der Waals surface area (Å²) in [5.41, 5.74) is 7.01. The van der Waals surface area contributed by atoms with Crippen LogP contribution in [-0.2, 0) is 12.2 Å². The monoisotopic (exact) mass is 293 g/mol. The molecule has 0 radical (unpaired) electrons. The standard InChI is InChI=1S/C14H16ClN3S/c1-2-3-13-17-12(16)8-14(18-13)19-9-10-4-6-11(15)7-5-10/h4-8H,2-3,9H2,1H3,(H2,16,17,18). The predicted octanol–water partition coefficient (Wildman–Crippen LogP) is 3.96. The van der Waals surface area contributed by atoms with Gasteiger partial charge in [0, 0.05) is 23.3 Å². The summed E-state index contributed by atoms with van der Waals surface area (Å²) in [5.74, 6) is 2.21. The van der Waals surface area contributed by atoms with Gasteiger partial charge in [-0.15, -0.1) is 11.8 Å². The second-order valence-corrected chi connectivity index (χ2v) is 5.64. The van der Waals surface area contributed by atoms with Gasteiger partial charge in [-0.2, -0.15) is 0 Å². The molecule has 0 amide bonds. The lowest BCUT2D eigenvalue weighted by Crippen LogP contribution is -2.00. The van der Waals surface area contributed by atoms with Gasteiger partial charge in [-0.05, 0) is 24.1 Å². The van der Waals surface area contributed by atoms with Gasteiger partial charge in [-0.1, -0.05) is 30.7 Å². The summed E-state index contributed by atoms with van der Waals surface area (Å²) in [5, 5.41) is 1.68. The van der Waals surface area contributed by atoms with Crippen molar-refractivity contribution in [3.63, 3.8) is 0 Å². The van der Waals surface area contributed by atoms with Gasteiger partial charge >= 0.3 is 0 Å². The van der Waals surface area contributed by atoms with E-state index in [0.717, 1.165) is 34.5 Å². The highest BCUT2D eigenvalue weighted by molar-refractivity contribution is 7.98. The lowest BCUT2D eigenvalue weighted by molar-refractivity contribution is 0.813. The maximum absolute atomic E-state index is 5.86. The van der Waals surface area contributed by atoms with Crippen molar-refractivity contribution in [2.45, 2.75) is 30.5 Å². The van der Waals surface area contributed by atoms with Crippen LogP contribution in [0, 0.1) is 0 Å². The van der Waals surface area contributed by atoms with Crippen LogP contribution in [0.5, 0.6) is 0 Å². The van der Waals surface area contributed by atoms with Gasteiger partial charge in [0.2, 0.25) is 0 Å². The topological polar surface area (TPSA) is 51.8 Å². The van der Waals surface area contributed by atoms with Gasteiger partial charge in [0.25, 0.3) is 0 Å². The second-order valence-electron chi connectivity index (χ2n) is 4.21. The van der Waals surface area contributed by atoms with Crippen molar-refractivity contribution in [2.75, 3.05) is 5.73 Å². The van der Waals surface area contributed by atoms with Crippen molar-refractivity contribution in [2.24, 2.45) is 0 Å². The van der Waals surface area contributed by atoms with Crippen LogP contribution in [0.15, 0.2) is 35.4 Å². The van der Waals surface area contributed by atoms with Crippen molar-refractivity contribution in [1.82, 2.24) is 9.97 Å². The number of hydrogen-bond donors (Lipinski definition) is 1. The van der Waals surface area contributed by atoms with Gasteiger partial charge in [0.15, 0.2) is 0 Å². The highest BCUT2D eigenvalue weighted by atomic mass is 35.5. The van der Waals surface area contributed by atoms with E-state index in [2.05, 4.69) is 16.9 Å². The third-order valence-electron chi connectivity index (χ3n) is 2.54. The molecule has 2 aromatic rings. The molecule has 100 valence electrons. The molecule has 0 unspecified atom stereocenters. The van der Waals surface area contributed by atoms with E-state index in [1.54, 1.807) is 11.8 Å². The number of aryl methyl sites for hydroxylation is 1. The third-order valence-corrected chi connectivity index (χ3v) is 3.78. The zero-order chi connectivity index (χ0) is 13.7. The average Bonchev–Trinajstić information content (AvgIpc) is 2.38. The zero-order valence-corrected chi connectivity index (χ0v) is 12.3. The fourth-order valence-electron chi connectivity index (χ4n) is 1.64. The number of halogens is 1. The summed E-state index contributed by atoms with van der Waals surface area (Å²) >= 11 is 7.52. The molecule has 5 heteroatoms. The fraction of sp³-hybridized carbons (Fsp3) is 0.286. The van der Waals surface area contributed by atoms with Crippen LogP contribution in [0.2, 0.25) is 5.02 Å². The minimum atomic E-state index is 0.539. The predicted molar refractivity (Wildman–Crippen MR) is 81.5 cm³/mol. The smallest absolute Gasteiger partial charge is 0.132 e. The number of nitrogens with two attached hydrogens (primary N) is 1. The zero-order valence-electron chi connectivity index (χ0n) is 10.8. The van der Waals surface area contributed by atoms with Crippen LogP contribution < -0.4 is 5.73 Å². The first-order valence-corrected chi connectivity index (χ1v) is 7.54. The van der Waals surface area contributed by atoms with Crippen molar-refractivity contribution < 1.29 is 0 Å². The Bertz CT molecular complexity index is 543. The Morgan fingerprint density at radius 2 is 1.95 bits per heavy atom. The Labute approximate surface area is 122 Å². The molecule has 0 aliphatic heterocycles. The van der Waals surface area contributed by atoms with Gasteiger partial charge in [-0.3, -0.25) is 0 Å². The third kappa shape index (κ3) is 4.40. The summed E-state index contributed by atoms with van der Waals surface area (Å²) < 4.78 is 0. The van der Waals surface area contributed by atoms with E-state index < -0.39 is 0 Å². The second kappa shape index (κ2) is 6.78. The first-order valence-electron chi connectivity index (χ1n) is 6.18. The maximum Gasteiger partial charge on any atom is 0.132 e. The van der Waals surface area contributed by atoms with Gasteiger partial charge < -0.3 is 5.73 Å². The largest absolute Gasteiger partial charge is 0.384 e. The molecule has 19 heavy (non-hydrogen) atoms. The lowest BCUT2D eigenvalue weighted by Gasteiger charge is -2.05. The summed E-state index contributed by atoms with van der Waals surface area (Å²) in [7, 11) is 0. The molecule has 1 heterocycles. The number of benzene rings is 1. The van der Waals surface area contributed by atoms with Crippen molar-refractivity contribution in [1.29, 1.82) is 0 Å². The van der Waals surface area contributed by atoms with Crippen LogP contribution in [0.3, 0.4) is 0 Å². The maximum atomic E-state index is 5.86. The van der Waals surface area contributed by atoms with E-state index >= 15 is 0 Å². The Kier molecular flexibility index (Phi) is 5.05. The van der Waals surface area contributed by atoms with Crippen LogP contribution in [0.1, 0.15) is 24.7 Å². The molecule has 2 N–H and O–H groups in total.